The molecule has 0 atom stereocenters. The lowest BCUT2D eigenvalue weighted by molar-refractivity contribution is 0.131. The van der Waals surface area contributed by atoms with Crippen LogP contribution in [0.2, 0.25) is 0 Å². The number of phenolic OH excluding ortho intramolecular Hbond substituents is 1. The van der Waals surface area contributed by atoms with Crippen molar-refractivity contribution in [1.82, 2.24) is 0 Å². The third kappa shape index (κ3) is 4.46. The van der Waals surface area contributed by atoms with Crippen molar-refractivity contribution in [1.29, 1.82) is 0 Å². The Morgan fingerprint density at radius 2 is 1.54 bits per heavy atom. The lowest BCUT2D eigenvalue weighted by atomic mass is 10.0. The Hall–Kier alpha value is -2.99. The molecule has 0 heterocycles. The summed E-state index contributed by atoms with van der Waals surface area (Å²) in [6.45, 7) is 2.62. The van der Waals surface area contributed by atoms with Crippen molar-refractivity contribution in [3.63, 3.8) is 0 Å². The van der Waals surface area contributed by atoms with E-state index in [1.165, 1.54) is 6.07 Å². The molecule has 0 amide bonds. The molecule has 0 saturated heterocycles. The first kappa shape index (κ1) is 19.8. The van der Waals surface area contributed by atoms with Crippen molar-refractivity contribution < 1.29 is 27.8 Å². The van der Waals surface area contributed by atoms with Gasteiger partial charge >= 0.3 is 0 Å². The monoisotopic (exact) mass is 388 g/mol. The van der Waals surface area contributed by atoms with E-state index in [1.807, 2.05) is 13.0 Å². The fraction of sp³-hybridized carbons (Fsp3) is 0.182. The Bertz CT molecular complexity index is 956. The van der Waals surface area contributed by atoms with Gasteiger partial charge in [0, 0.05) is 12.2 Å². The van der Waals surface area contributed by atoms with Gasteiger partial charge in [0.1, 0.15) is 12.4 Å². The van der Waals surface area contributed by atoms with Crippen LogP contribution in [0.4, 0.5) is 13.2 Å². The van der Waals surface area contributed by atoms with Crippen LogP contribution in [0.25, 0.3) is 11.1 Å². The van der Waals surface area contributed by atoms with Crippen LogP contribution in [-0.4, -0.2) is 11.7 Å². The summed E-state index contributed by atoms with van der Waals surface area (Å²) < 4.78 is 51.7. The van der Waals surface area contributed by atoms with Crippen LogP contribution in [0.5, 0.6) is 11.5 Å². The second kappa shape index (κ2) is 8.80. The van der Waals surface area contributed by atoms with E-state index in [4.69, 9.17) is 14.6 Å². The van der Waals surface area contributed by atoms with E-state index in [2.05, 4.69) is 0 Å². The molecule has 0 aromatic heterocycles. The maximum atomic E-state index is 14.2. The van der Waals surface area contributed by atoms with Crippen molar-refractivity contribution in [3.8, 4) is 22.6 Å². The summed E-state index contributed by atoms with van der Waals surface area (Å²) >= 11 is 0. The fourth-order valence-corrected chi connectivity index (χ4v) is 2.64. The Balaban J connectivity index is 1.68. The van der Waals surface area contributed by atoms with Crippen LogP contribution >= 0.6 is 0 Å². The van der Waals surface area contributed by atoms with Gasteiger partial charge in [-0.15, -0.1) is 0 Å². The van der Waals surface area contributed by atoms with Gasteiger partial charge in [-0.25, -0.2) is 4.39 Å². The Morgan fingerprint density at radius 1 is 0.821 bits per heavy atom. The first-order chi connectivity index (χ1) is 13.5. The van der Waals surface area contributed by atoms with Crippen LogP contribution in [0.3, 0.4) is 0 Å². The highest BCUT2D eigenvalue weighted by atomic mass is 19.2. The van der Waals surface area contributed by atoms with Gasteiger partial charge < -0.3 is 14.6 Å². The summed E-state index contributed by atoms with van der Waals surface area (Å²) in [4.78, 5) is 0. The second-order valence-corrected chi connectivity index (χ2v) is 6.14. The van der Waals surface area contributed by atoms with E-state index in [0.717, 1.165) is 28.8 Å². The molecule has 0 fully saturated rings. The van der Waals surface area contributed by atoms with Crippen molar-refractivity contribution in [2.75, 3.05) is 6.61 Å². The summed E-state index contributed by atoms with van der Waals surface area (Å²) in [5.74, 6) is -3.97. The number of phenols is 1. The van der Waals surface area contributed by atoms with Crippen molar-refractivity contribution >= 4 is 0 Å². The lowest BCUT2D eigenvalue weighted by Gasteiger charge is -2.10. The molecule has 3 aromatic carbocycles. The minimum Gasteiger partial charge on any atom is -0.505 e. The number of ether oxygens (including phenoxy) is 2. The molecule has 146 valence electrons. The summed E-state index contributed by atoms with van der Waals surface area (Å²) in [5.41, 5.74) is 2.76. The second-order valence-electron chi connectivity index (χ2n) is 6.14. The summed E-state index contributed by atoms with van der Waals surface area (Å²) in [6.07, 6.45) is 0. The van der Waals surface area contributed by atoms with E-state index < -0.39 is 17.4 Å². The molecule has 0 radical (unpaired) electrons. The molecule has 3 aromatic rings. The van der Waals surface area contributed by atoms with Crippen molar-refractivity contribution in [2.24, 2.45) is 0 Å². The quantitative estimate of drug-likeness (QED) is 0.573. The molecule has 0 aliphatic carbocycles. The van der Waals surface area contributed by atoms with Crippen LogP contribution < -0.4 is 4.74 Å². The van der Waals surface area contributed by atoms with Gasteiger partial charge in [-0.1, -0.05) is 36.4 Å². The highest BCUT2D eigenvalue weighted by Gasteiger charge is 2.14. The largest absolute Gasteiger partial charge is 0.505 e. The zero-order valence-electron chi connectivity index (χ0n) is 15.2. The maximum absolute atomic E-state index is 14.2. The van der Waals surface area contributed by atoms with Crippen LogP contribution in [0.1, 0.15) is 18.1 Å². The molecule has 6 heteroatoms. The minimum atomic E-state index is -1.34. The predicted molar refractivity (Wildman–Crippen MR) is 99.5 cm³/mol. The first-order valence-corrected chi connectivity index (χ1v) is 8.75. The first-order valence-electron chi connectivity index (χ1n) is 8.75. The SMILES string of the molecule is CCOCc1ccc(-c2ccc(COc3ccc(O)c(F)c3F)cc2)cc1F. The summed E-state index contributed by atoms with van der Waals surface area (Å²) in [6, 6.07) is 14.3. The Labute approximate surface area is 161 Å². The van der Waals surface area contributed by atoms with Gasteiger partial charge in [0.2, 0.25) is 11.6 Å². The molecule has 1 N–H and O–H groups in total. The standard InChI is InChI=1S/C22H19F3O3/c1-2-27-13-17-8-7-16(11-18(17)23)15-5-3-14(4-6-15)12-28-20-10-9-19(26)21(24)22(20)25/h3-11,26H,2,12-13H2,1H3. The fourth-order valence-electron chi connectivity index (χ4n) is 2.64. The van der Waals surface area contributed by atoms with Crippen LogP contribution in [-0.2, 0) is 18.0 Å². The number of halogens is 3. The third-order valence-electron chi connectivity index (χ3n) is 4.22. The molecule has 0 aliphatic rings. The van der Waals surface area contributed by atoms with Gasteiger partial charge in [-0.2, -0.15) is 8.78 Å². The van der Waals surface area contributed by atoms with Gasteiger partial charge in [0.25, 0.3) is 0 Å². The number of rotatable bonds is 7. The number of hydrogen-bond acceptors (Lipinski definition) is 3. The van der Waals surface area contributed by atoms with E-state index >= 15 is 0 Å². The van der Waals surface area contributed by atoms with Gasteiger partial charge in [0.15, 0.2) is 11.5 Å². The molecule has 28 heavy (non-hydrogen) atoms. The minimum absolute atomic E-state index is 0.0169. The number of hydrogen-bond donors (Lipinski definition) is 1. The van der Waals surface area contributed by atoms with Crippen molar-refractivity contribution in [2.45, 2.75) is 20.1 Å². The predicted octanol–water partition coefficient (Wildman–Crippen LogP) is 5.59. The highest BCUT2D eigenvalue weighted by Crippen LogP contribution is 2.27. The molecule has 0 aliphatic heterocycles. The molecule has 3 nitrogen and oxygen atoms in total. The molecule has 0 spiro atoms. The lowest BCUT2D eigenvalue weighted by Crippen LogP contribution is -1.99. The average Bonchev–Trinajstić information content (AvgIpc) is 2.71. The normalized spacial score (nSPS) is 10.9. The van der Waals surface area contributed by atoms with E-state index in [0.29, 0.717) is 12.2 Å². The zero-order valence-corrected chi connectivity index (χ0v) is 15.2. The van der Waals surface area contributed by atoms with E-state index in [-0.39, 0.29) is 24.8 Å². The highest BCUT2D eigenvalue weighted by molar-refractivity contribution is 5.64. The van der Waals surface area contributed by atoms with E-state index in [1.54, 1.807) is 30.3 Å². The third-order valence-corrected chi connectivity index (χ3v) is 4.22. The average molecular weight is 388 g/mol. The zero-order chi connectivity index (χ0) is 20.1. The molecular formula is C22H19F3O3. The van der Waals surface area contributed by atoms with Crippen molar-refractivity contribution in [3.05, 3.63) is 83.2 Å². The Morgan fingerprint density at radius 3 is 2.21 bits per heavy atom. The van der Waals surface area contributed by atoms with Crippen LogP contribution in [0, 0.1) is 17.5 Å². The molecule has 0 unspecified atom stereocenters. The molecular weight excluding hydrogens is 369 g/mol. The van der Waals surface area contributed by atoms with Crippen LogP contribution in [0.15, 0.2) is 54.6 Å². The summed E-state index contributed by atoms with van der Waals surface area (Å²) in [5, 5.41) is 9.12. The summed E-state index contributed by atoms with van der Waals surface area (Å²) in [7, 11) is 0. The topological polar surface area (TPSA) is 38.7 Å². The van der Waals surface area contributed by atoms with Gasteiger partial charge in [-0.3, -0.25) is 0 Å². The number of benzene rings is 3. The van der Waals surface area contributed by atoms with E-state index in [9.17, 15) is 13.2 Å². The van der Waals surface area contributed by atoms with Gasteiger partial charge in [-0.05, 0) is 41.8 Å². The Kier molecular flexibility index (Phi) is 6.21. The van der Waals surface area contributed by atoms with Gasteiger partial charge in [0.05, 0.1) is 6.61 Å². The smallest absolute Gasteiger partial charge is 0.204 e. The number of aromatic hydroxyl groups is 1. The molecule has 0 saturated carbocycles. The maximum Gasteiger partial charge on any atom is 0.204 e. The molecule has 0 bridgehead atoms. The molecule has 3 rings (SSSR count).